The van der Waals surface area contributed by atoms with E-state index in [2.05, 4.69) is 243 Å². The van der Waals surface area contributed by atoms with E-state index >= 15 is 0 Å². The molecule has 15 N–H and O–H groups in total. The monoisotopic (exact) mass is 1790 g/mol. The van der Waals surface area contributed by atoms with E-state index in [9.17, 15) is 4.79 Å². The molecule has 0 unspecified atom stereocenters. The van der Waals surface area contributed by atoms with Gasteiger partial charge in [0.25, 0.3) is 5.56 Å². The molecule has 0 atom stereocenters. The average Bonchev–Trinajstić information content (AvgIpc) is 0.846. The molecule has 702 valence electrons. The Labute approximate surface area is 768 Å². The molecule has 0 saturated carbocycles. The van der Waals surface area contributed by atoms with E-state index in [0.717, 1.165) is 67.9 Å². The van der Waals surface area contributed by atoms with Crippen molar-refractivity contribution < 1.29 is 28.8 Å². The van der Waals surface area contributed by atoms with Crippen LogP contribution in [0.5, 0.6) is 35.4 Å². The number of methoxy groups -OCH3 is 5. The number of aryl methyl sites for hydroxylation is 2. The Kier molecular flexibility index (Phi) is 54.0. The number of H-pyrrole nitrogens is 2. The molecule has 0 aromatic carbocycles. The van der Waals surface area contributed by atoms with Crippen molar-refractivity contribution in [1.29, 1.82) is 0 Å². The van der Waals surface area contributed by atoms with Gasteiger partial charge in [-0.25, -0.2) is 69.8 Å². The second-order valence-corrected chi connectivity index (χ2v) is 32.9. The van der Waals surface area contributed by atoms with E-state index in [4.69, 9.17) is 75.4 Å². The van der Waals surface area contributed by atoms with Gasteiger partial charge in [0.2, 0.25) is 29.5 Å². The molecule has 12 heterocycles. The third-order valence-electron chi connectivity index (χ3n) is 17.7. The topological polar surface area (TPSA) is 516 Å². The van der Waals surface area contributed by atoms with Crippen molar-refractivity contribution in [2.45, 2.75) is 251 Å². The Morgan fingerprint density at radius 1 is 0.372 bits per heavy atom. The maximum absolute atomic E-state index is 10.7. The fraction of sp³-hybridized carbons (Fsp3) is 0.457. The highest BCUT2D eigenvalue weighted by molar-refractivity contribution is 7.71. The summed E-state index contributed by atoms with van der Waals surface area (Å²) in [6, 6.07) is 14.2. The van der Waals surface area contributed by atoms with Crippen molar-refractivity contribution >= 4 is 47.1 Å². The first kappa shape index (κ1) is 114. The molecule has 34 nitrogen and oxygen atoms in total. The van der Waals surface area contributed by atoms with E-state index in [1.807, 2.05) is 96.4 Å². The number of nitrogens with zero attached hydrogens (tertiary/aromatic N) is 19. The third-order valence-corrected chi connectivity index (χ3v) is 18.0. The van der Waals surface area contributed by atoms with Crippen molar-refractivity contribution in [1.82, 2.24) is 105 Å². The van der Waals surface area contributed by atoms with Gasteiger partial charge in [0.05, 0.1) is 100 Å². The maximum atomic E-state index is 10.7. The molecule has 12 aromatic rings. The minimum absolute atomic E-state index is 0.133. The number of nitrogen functional groups attached to an aromatic ring is 6. The average molecular weight is 1800 g/mol. The fourth-order valence-electron chi connectivity index (χ4n) is 9.60. The zero-order valence-electron chi connectivity index (χ0n) is 81.5. The first-order valence-electron chi connectivity index (χ1n) is 42.5. The summed E-state index contributed by atoms with van der Waals surface area (Å²) in [5, 5.41) is 9.16. The largest absolute Gasteiger partial charge is 0.504 e. The lowest BCUT2D eigenvalue weighted by atomic mass is 10.1. The Balaban J connectivity index is 0.000000704. The third kappa shape index (κ3) is 46.2. The molecule has 12 aromatic heterocycles. The van der Waals surface area contributed by atoms with Gasteiger partial charge in [0.1, 0.15) is 34.8 Å². The first-order valence-corrected chi connectivity index (χ1v) is 42.9. The second kappa shape index (κ2) is 61.2. The maximum Gasteiger partial charge on any atom is 0.319 e. The number of ether oxygens (including phenoxy) is 5. The summed E-state index contributed by atoms with van der Waals surface area (Å²) in [5.74, 6) is 9.64. The number of rotatable bonds is 17. The summed E-state index contributed by atoms with van der Waals surface area (Å²) in [5.41, 5.74) is 47.3. The number of hydrogen-bond acceptors (Lipinski definition) is 33. The Bertz CT molecular complexity index is 5040. The highest BCUT2D eigenvalue weighted by Crippen LogP contribution is 2.27. The lowest BCUT2D eigenvalue weighted by Gasteiger charge is -2.10. The fourth-order valence-corrected chi connectivity index (χ4v) is 9.72. The van der Waals surface area contributed by atoms with Gasteiger partial charge < -0.3 is 73.2 Å². The highest BCUT2D eigenvalue weighted by Gasteiger charge is 2.14. The van der Waals surface area contributed by atoms with Crippen LogP contribution >= 0.6 is 12.2 Å². The molecule has 0 aliphatic rings. The van der Waals surface area contributed by atoms with E-state index in [1.165, 1.54) is 43.3 Å². The van der Waals surface area contributed by atoms with Crippen LogP contribution in [0, 0.1) is 18.5 Å². The van der Waals surface area contributed by atoms with Crippen molar-refractivity contribution in [2.75, 3.05) is 70.0 Å². The number of nitrogens with one attached hydrogen (secondary N) is 2. The number of hydrogen-bond donors (Lipinski definition) is 9. The summed E-state index contributed by atoms with van der Waals surface area (Å²) in [6.07, 6.45) is 26.6. The first-order chi connectivity index (χ1) is 60.7. The molecule has 35 heteroatoms. The normalized spacial score (nSPS) is 10.3. The summed E-state index contributed by atoms with van der Waals surface area (Å²) >= 11 is 4.84. The van der Waals surface area contributed by atoms with Crippen LogP contribution in [-0.4, -0.2) is 145 Å². The van der Waals surface area contributed by atoms with Gasteiger partial charge in [-0.1, -0.05) is 184 Å². The van der Waals surface area contributed by atoms with E-state index in [0.29, 0.717) is 128 Å². The minimum Gasteiger partial charge on any atom is -0.504 e. The predicted octanol–water partition coefficient (Wildman–Crippen LogP) is 18.8. The zero-order chi connectivity index (χ0) is 97.7. The SMILES string of the molecule is CC(C)c1c[nH]c(=S)cn1.CC(C)c1ccc(N)cn1.CC(C)c1ccc(N)nc1.CC(C)c1ccnc(N)c1.CC(C)c1cnc(N)nc1.CC(C)c1cncc(=O)[nH]1.CC(C)c1ncncc1O.COc1cc(C(C)C)ncn1.COc1nc(N)ncc1C(C)C.COc1ncc(C(C)C)c(OC)n1.COc1ncc(C(C)C)cn1.Cc1nc(C(C)C)nc(C)c1N. The number of aromatic nitrogens is 21. The van der Waals surface area contributed by atoms with Gasteiger partial charge in [-0.15, -0.1) is 0 Å². The molecule has 0 fully saturated rings. The second-order valence-electron chi connectivity index (χ2n) is 32.4. The Morgan fingerprint density at radius 2 is 0.884 bits per heavy atom. The molecule has 0 saturated heterocycles. The van der Waals surface area contributed by atoms with Crippen LogP contribution in [0.1, 0.15) is 316 Å². The van der Waals surface area contributed by atoms with Crippen LogP contribution in [-0.2, 0) is 0 Å². The molecular formula is C94H143N27O7S. The molecule has 0 bridgehead atoms. The van der Waals surface area contributed by atoms with Crippen LogP contribution < -0.4 is 63.6 Å². The molecule has 0 spiro atoms. The summed E-state index contributed by atoms with van der Waals surface area (Å²) < 4.78 is 25.5. The number of anilines is 6. The van der Waals surface area contributed by atoms with E-state index in [1.54, 1.807) is 90.4 Å². The van der Waals surface area contributed by atoms with E-state index < -0.39 is 0 Å². The van der Waals surface area contributed by atoms with Crippen molar-refractivity contribution in [3.05, 3.63) is 236 Å². The van der Waals surface area contributed by atoms with Gasteiger partial charge >= 0.3 is 12.0 Å². The molecule has 0 aliphatic carbocycles. The molecule has 0 amide bonds. The Morgan fingerprint density at radius 3 is 1.29 bits per heavy atom. The molecular weight excluding hydrogens is 1650 g/mol. The summed E-state index contributed by atoms with van der Waals surface area (Å²) in [4.78, 5) is 92.1. The molecule has 0 aliphatic heterocycles. The van der Waals surface area contributed by atoms with Crippen LogP contribution in [0.4, 0.5) is 34.9 Å². The number of aromatic amines is 2. The predicted molar refractivity (Wildman–Crippen MR) is 521 cm³/mol. The zero-order valence-corrected chi connectivity index (χ0v) is 82.3. The molecule has 129 heavy (non-hydrogen) atoms. The van der Waals surface area contributed by atoms with Crippen LogP contribution in [0.15, 0.2) is 147 Å². The van der Waals surface area contributed by atoms with Gasteiger partial charge in [0, 0.05) is 96.5 Å². The van der Waals surface area contributed by atoms with Crippen LogP contribution in [0.3, 0.4) is 0 Å². The number of nitrogens with two attached hydrogens (primary N) is 6. The Hall–Kier alpha value is -13.2. The standard InChI is InChI=1S/C9H15N3.C9H14N2O2.C8H13N3O.2C8H12N2O.3C8H12N2.C7H11N3.2C7H10N2O.C7H10N2S/c1-5(2)9-11-6(3)8(10)7(4)12-9;1-6(2)7-5-10-9(13-4)11-8(7)12-3;1-5(2)6-4-10-8(9)11-7(6)12-3;1-6(2)7-4-8(11-3)10-5-9-7;1-6(2)7-4-9-8(11-3)10-5-7;1-6(2)8-4-3-7(9)5-10-8;1-6(2)7-3-4-10-8(9)5-7;1-6(2)7-3-4-8(9)10-5-7;1-5(2)6-3-9-7(8)10-4-6;1-5(2)7-6(10)3-8-4-9-7;1-5(2)6-3-8-4-7(10)9-6;1-5(2)6-3-9-7(10)4-8-6/h5H,10H2,1-4H3;5-6H,1-4H3;4-5H,1-3H3,(H2,9,10,11);2*4-6H,1-3H3;3-6H,9H2,1-2H3;2*3-6H,1-2H3,(H2,9,10);3-5H,1-2H3,(H2,8,9,10);3-5,10H,1-2H3;2*3-5H,1-2H3,(H,9,10). The van der Waals surface area contributed by atoms with Gasteiger partial charge in [-0.2, -0.15) is 9.97 Å². The smallest absolute Gasteiger partial charge is 0.319 e. The quantitative estimate of drug-likeness (QED) is 0.0382. The van der Waals surface area contributed by atoms with Crippen molar-refractivity contribution in [3.63, 3.8) is 0 Å². The van der Waals surface area contributed by atoms with Crippen LogP contribution in [0.25, 0.3) is 0 Å². The minimum atomic E-state index is -0.133. The van der Waals surface area contributed by atoms with Crippen molar-refractivity contribution in [3.8, 4) is 35.4 Å². The van der Waals surface area contributed by atoms with Crippen molar-refractivity contribution in [2.24, 2.45) is 0 Å². The lowest BCUT2D eigenvalue weighted by molar-refractivity contribution is 0.347. The number of pyridine rings is 3. The number of aromatic hydroxyl groups is 1. The highest BCUT2D eigenvalue weighted by atomic mass is 32.1. The lowest BCUT2D eigenvalue weighted by Crippen LogP contribution is -2.08. The van der Waals surface area contributed by atoms with E-state index in [-0.39, 0.29) is 23.2 Å². The summed E-state index contributed by atoms with van der Waals surface area (Å²) in [7, 11) is 7.86. The molecule has 12 rings (SSSR count). The van der Waals surface area contributed by atoms with Gasteiger partial charge in [-0.05, 0) is 132 Å². The van der Waals surface area contributed by atoms with Crippen LogP contribution in [0.2, 0.25) is 0 Å². The van der Waals surface area contributed by atoms with Gasteiger partial charge in [0.15, 0.2) is 5.75 Å². The summed E-state index contributed by atoms with van der Waals surface area (Å²) in [6.45, 7) is 53.7. The molecule has 0 radical (unpaired) electrons. The van der Waals surface area contributed by atoms with Gasteiger partial charge in [-0.3, -0.25) is 19.7 Å².